The zero-order valence-corrected chi connectivity index (χ0v) is 10.7. The van der Waals surface area contributed by atoms with Crippen molar-refractivity contribution in [3.8, 4) is 11.8 Å². The molecule has 0 radical (unpaired) electrons. The summed E-state index contributed by atoms with van der Waals surface area (Å²) in [6, 6.07) is 0. The molecule has 0 aliphatic heterocycles. The fraction of sp³-hybridized carbons (Fsp3) is 0.500. The third-order valence-corrected chi connectivity index (χ3v) is 2.28. The van der Waals surface area contributed by atoms with Crippen molar-refractivity contribution in [2.24, 2.45) is 0 Å². The quantitative estimate of drug-likeness (QED) is 0.479. The molecule has 3 N–H and O–H groups in total. The smallest absolute Gasteiger partial charge is 0.222 e. The SMILES string of the molecule is CCCNc1nc(N)ncc1C#CCCCCl. The Bertz CT molecular complexity index is 409. The molecular weight excluding hydrogens is 236 g/mol. The van der Waals surface area contributed by atoms with Crippen molar-refractivity contribution < 1.29 is 0 Å². The number of nitrogens with two attached hydrogens (primary N) is 1. The van der Waals surface area contributed by atoms with Crippen molar-refractivity contribution in [1.29, 1.82) is 0 Å². The number of hydrogen-bond donors (Lipinski definition) is 2. The van der Waals surface area contributed by atoms with Gasteiger partial charge in [0.1, 0.15) is 5.82 Å². The second kappa shape index (κ2) is 7.75. The number of nitrogens with zero attached hydrogens (tertiary/aromatic N) is 2. The van der Waals surface area contributed by atoms with Crippen LogP contribution in [-0.4, -0.2) is 22.4 Å². The van der Waals surface area contributed by atoms with Gasteiger partial charge in [0, 0.05) is 18.8 Å². The average Bonchev–Trinajstić information content (AvgIpc) is 2.34. The third kappa shape index (κ3) is 4.92. The first-order valence-corrected chi connectivity index (χ1v) is 6.22. The van der Waals surface area contributed by atoms with Crippen LogP contribution in [0.25, 0.3) is 0 Å². The number of hydrogen-bond acceptors (Lipinski definition) is 4. The summed E-state index contributed by atoms with van der Waals surface area (Å²) in [7, 11) is 0. The van der Waals surface area contributed by atoms with Gasteiger partial charge in [-0.1, -0.05) is 18.8 Å². The van der Waals surface area contributed by atoms with E-state index in [2.05, 4.69) is 34.0 Å². The van der Waals surface area contributed by atoms with Crippen LogP contribution in [-0.2, 0) is 0 Å². The minimum absolute atomic E-state index is 0.259. The molecule has 1 rings (SSSR count). The number of unbranched alkanes of at least 4 members (excludes halogenated alkanes) is 1. The predicted molar refractivity (Wildman–Crippen MR) is 72.1 cm³/mol. The summed E-state index contributed by atoms with van der Waals surface area (Å²) in [5, 5.41) is 3.18. The molecule has 0 saturated heterocycles. The van der Waals surface area contributed by atoms with E-state index in [0.29, 0.717) is 11.7 Å². The fourth-order valence-electron chi connectivity index (χ4n) is 1.18. The molecular formula is C12H17ClN4. The van der Waals surface area contributed by atoms with E-state index in [1.165, 1.54) is 0 Å². The predicted octanol–water partition coefficient (Wildman–Crippen LogP) is 2.25. The first-order chi connectivity index (χ1) is 8.27. The highest BCUT2D eigenvalue weighted by molar-refractivity contribution is 6.17. The van der Waals surface area contributed by atoms with Crippen molar-refractivity contribution in [3.05, 3.63) is 11.8 Å². The lowest BCUT2D eigenvalue weighted by atomic mass is 10.2. The first kappa shape index (κ1) is 13.6. The molecule has 0 aliphatic rings. The maximum Gasteiger partial charge on any atom is 0.222 e. The standard InChI is InChI=1S/C12H17ClN4/c1-2-8-15-11-10(6-4-3-5-7-13)9-16-12(14)17-11/h9H,2-3,5,7-8H2,1H3,(H3,14,15,16,17). The van der Waals surface area contributed by atoms with Gasteiger partial charge in [0.15, 0.2) is 0 Å². The molecule has 0 saturated carbocycles. The van der Waals surface area contributed by atoms with Crippen LogP contribution in [0.15, 0.2) is 6.20 Å². The van der Waals surface area contributed by atoms with Crippen LogP contribution in [0.5, 0.6) is 0 Å². The zero-order valence-electron chi connectivity index (χ0n) is 9.96. The topological polar surface area (TPSA) is 63.8 Å². The molecule has 0 aromatic carbocycles. The highest BCUT2D eigenvalue weighted by Crippen LogP contribution is 2.11. The lowest BCUT2D eigenvalue weighted by Gasteiger charge is -2.06. The second-order valence-electron chi connectivity index (χ2n) is 3.51. The van der Waals surface area contributed by atoms with Crippen LogP contribution in [0.4, 0.5) is 11.8 Å². The molecule has 1 aromatic heterocycles. The summed E-state index contributed by atoms with van der Waals surface area (Å²) in [5.74, 6) is 7.67. The minimum Gasteiger partial charge on any atom is -0.369 e. The molecule has 0 unspecified atom stereocenters. The van der Waals surface area contributed by atoms with Gasteiger partial charge in [-0.25, -0.2) is 4.98 Å². The van der Waals surface area contributed by atoms with Crippen LogP contribution in [0.2, 0.25) is 0 Å². The van der Waals surface area contributed by atoms with Crippen molar-refractivity contribution in [3.63, 3.8) is 0 Å². The summed E-state index contributed by atoms with van der Waals surface area (Å²) in [4.78, 5) is 8.08. The van der Waals surface area contributed by atoms with Gasteiger partial charge in [-0.2, -0.15) is 4.98 Å². The van der Waals surface area contributed by atoms with Crippen LogP contribution in [0, 0.1) is 11.8 Å². The Morgan fingerprint density at radius 1 is 1.53 bits per heavy atom. The number of alkyl halides is 1. The van der Waals surface area contributed by atoms with E-state index in [0.717, 1.165) is 31.4 Å². The van der Waals surface area contributed by atoms with Gasteiger partial charge in [-0.3, -0.25) is 0 Å². The van der Waals surface area contributed by atoms with Gasteiger partial charge in [0.05, 0.1) is 11.8 Å². The maximum absolute atomic E-state index is 5.58. The number of anilines is 2. The summed E-state index contributed by atoms with van der Waals surface area (Å²) in [5.41, 5.74) is 6.33. The molecule has 4 nitrogen and oxygen atoms in total. The average molecular weight is 253 g/mol. The van der Waals surface area contributed by atoms with Crippen molar-refractivity contribution >= 4 is 23.4 Å². The van der Waals surface area contributed by atoms with E-state index in [1.54, 1.807) is 6.20 Å². The number of halogens is 1. The van der Waals surface area contributed by atoms with Crippen molar-refractivity contribution in [2.45, 2.75) is 26.2 Å². The van der Waals surface area contributed by atoms with Gasteiger partial charge >= 0.3 is 0 Å². The highest BCUT2D eigenvalue weighted by Gasteiger charge is 2.02. The Hall–Kier alpha value is -1.47. The van der Waals surface area contributed by atoms with Crippen molar-refractivity contribution in [1.82, 2.24) is 9.97 Å². The van der Waals surface area contributed by atoms with Crippen LogP contribution < -0.4 is 11.1 Å². The highest BCUT2D eigenvalue weighted by atomic mass is 35.5. The lowest BCUT2D eigenvalue weighted by molar-refractivity contribution is 0.964. The molecule has 5 heteroatoms. The number of nitrogens with one attached hydrogen (secondary N) is 1. The lowest BCUT2D eigenvalue weighted by Crippen LogP contribution is -2.07. The van der Waals surface area contributed by atoms with Crippen molar-refractivity contribution in [2.75, 3.05) is 23.5 Å². The Morgan fingerprint density at radius 3 is 3.06 bits per heavy atom. The van der Waals surface area contributed by atoms with Gasteiger partial charge in [0.2, 0.25) is 5.95 Å². The van der Waals surface area contributed by atoms with E-state index in [1.807, 2.05) is 0 Å². The molecule has 0 fully saturated rings. The molecule has 0 amide bonds. The van der Waals surface area contributed by atoms with Crippen LogP contribution >= 0.6 is 11.6 Å². The van der Waals surface area contributed by atoms with Crippen LogP contribution in [0.3, 0.4) is 0 Å². The monoisotopic (exact) mass is 252 g/mol. The van der Waals surface area contributed by atoms with Crippen LogP contribution in [0.1, 0.15) is 31.7 Å². The van der Waals surface area contributed by atoms with Gasteiger partial charge in [-0.15, -0.1) is 11.6 Å². The fourth-order valence-corrected chi connectivity index (χ4v) is 1.31. The summed E-state index contributed by atoms with van der Waals surface area (Å²) in [6.07, 6.45) is 4.33. The third-order valence-electron chi connectivity index (χ3n) is 2.01. The molecule has 0 aliphatic carbocycles. The maximum atomic E-state index is 5.58. The molecule has 0 spiro atoms. The molecule has 0 atom stereocenters. The minimum atomic E-state index is 0.259. The van der Waals surface area contributed by atoms with E-state index >= 15 is 0 Å². The summed E-state index contributed by atoms with van der Waals surface area (Å²) >= 11 is 5.58. The molecule has 17 heavy (non-hydrogen) atoms. The molecule has 0 bridgehead atoms. The van der Waals surface area contributed by atoms with E-state index in [4.69, 9.17) is 17.3 Å². The summed E-state index contributed by atoms with van der Waals surface area (Å²) < 4.78 is 0. The van der Waals surface area contributed by atoms with E-state index in [9.17, 15) is 0 Å². The Kier molecular flexibility index (Phi) is 6.19. The molecule has 1 aromatic rings. The summed E-state index contributed by atoms with van der Waals surface area (Å²) in [6.45, 7) is 2.93. The molecule has 1 heterocycles. The second-order valence-corrected chi connectivity index (χ2v) is 3.89. The number of nitrogen functional groups attached to an aromatic ring is 1. The Morgan fingerprint density at radius 2 is 2.35 bits per heavy atom. The number of aromatic nitrogens is 2. The largest absolute Gasteiger partial charge is 0.369 e. The Labute approximate surface area is 107 Å². The van der Waals surface area contributed by atoms with E-state index in [-0.39, 0.29) is 5.95 Å². The number of rotatable bonds is 5. The van der Waals surface area contributed by atoms with Gasteiger partial charge in [-0.05, 0) is 12.8 Å². The molecule has 92 valence electrons. The zero-order chi connectivity index (χ0) is 12.5. The van der Waals surface area contributed by atoms with E-state index < -0.39 is 0 Å². The van der Waals surface area contributed by atoms with Gasteiger partial charge in [0.25, 0.3) is 0 Å². The first-order valence-electron chi connectivity index (χ1n) is 5.69. The normalized spacial score (nSPS) is 9.53. The Balaban J connectivity index is 2.77. The van der Waals surface area contributed by atoms with Gasteiger partial charge < -0.3 is 11.1 Å².